The van der Waals surface area contributed by atoms with Gasteiger partial charge < -0.3 is 13.6 Å². The smallest absolute Gasteiger partial charge is 0.379 e. The highest BCUT2D eigenvalue weighted by Crippen LogP contribution is 2.28. The van der Waals surface area contributed by atoms with Gasteiger partial charge in [-0.15, -0.1) is 0 Å². The number of halogens is 2. The van der Waals surface area contributed by atoms with Crippen molar-refractivity contribution in [1.29, 1.82) is 0 Å². The molecule has 146 valence electrons. The van der Waals surface area contributed by atoms with Crippen LogP contribution < -0.4 is 10.4 Å². The molecule has 0 spiro atoms. The summed E-state index contributed by atoms with van der Waals surface area (Å²) in [5, 5.41) is 0.883. The van der Waals surface area contributed by atoms with E-state index < -0.39 is 17.4 Å². The van der Waals surface area contributed by atoms with Crippen molar-refractivity contribution in [1.82, 2.24) is 0 Å². The molecule has 0 amide bonds. The lowest BCUT2D eigenvalue weighted by Crippen LogP contribution is -2.12. The Hall–Kier alpha value is -3.38. The molecule has 0 unspecified atom stereocenters. The van der Waals surface area contributed by atoms with Crippen molar-refractivity contribution in [3.05, 3.63) is 98.5 Å². The summed E-state index contributed by atoms with van der Waals surface area (Å²) < 4.78 is 29.8. The minimum Gasteiger partial charge on any atom is -0.457 e. The average Bonchev–Trinajstić information content (AvgIpc) is 3.22. The van der Waals surface area contributed by atoms with Crippen LogP contribution in [0.5, 0.6) is 5.75 Å². The van der Waals surface area contributed by atoms with Crippen molar-refractivity contribution in [2.24, 2.45) is 0 Å². The highest BCUT2D eigenvalue weighted by atomic mass is 35.5. The van der Waals surface area contributed by atoms with Gasteiger partial charge in [0, 0.05) is 34.0 Å². The normalized spacial score (nSPS) is 11.0. The van der Waals surface area contributed by atoms with Gasteiger partial charge in [-0.05, 0) is 48.9 Å². The van der Waals surface area contributed by atoms with Gasteiger partial charge in [-0.25, -0.2) is 14.0 Å². The van der Waals surface area contributed by atoms with Crippen molar-refractivity contribution in [2.45, 2.75) is 13.3 Å². The van der Waals surface area contributed by atoms with Crippen molar-refractivity contribution in [3.8, 4) is 5.75 Å². The summed E-state index contributed by atoms with van der Waals surface area (Å²) in [7, 11) is 0. The number of furan rings is 1. The zero-order valence-electron chi connectivity index (χ0n) is 15.2. The lowest BCUT2D eigenvalue weighted by molar-refractivity contribution is 0.0701. The largest absolute Gasteiger partial charge is 0.457 e. The van der Waals surface area contributed by atoms with Gasteiger partial charge in [0.1, 0.15) is 17.1 Å². The Balaban J connectivity index is 1.71. The third kappa shape index (κ3) is 3.67. The number of hydrogen-bond donors (Lipinski definition) is 0. The molecule has 4 aromatic rings. The van der Waals surface area contributed by atoms with Gasteiger partial charge in [0.2, 0.25) is 5.76 Å². The Kier molecular flexibility index (Phi) is 4.94. The Morgan fingerprint density at radius 3 is 2.69 bits per heavy atom. The third-order valence-electron chi connectivity index (χ3n) is 4.61. The van der Waals surface area contributed by atoms with Crippen molar-refractivity contribution in [2.75, 3.05) is 0 Å². The summed E-state index contributed by atoms with van der Waals surface area (Å²) in [5.41, 5.74) is 0.821. The van der Waals surface area contributed by atoms with Gasteiger partial charge in [-0.1, -0.05) is 17.7 Å². The number of aryl methyl sites for hydroxylation is 1. The Bertz CT molecular complexity index is 1250. The van der Waals surface area contributed by atoms with Crippen LogP contribution in [0.4, 0.5) is 4.39 Å². The average molecular weight is 413 g/mol. The van der Waals surface area contributed by atoms with E-state index in [2.05, 4.69) is 0 Å². The van der Waals surface area contributed by atoms with Crippen molar-refractivity contribution >= 4 is 28.5 Å². The number of fused-ring (bicyclic) bond motifs is 1. The molecule has 0 aliphatic heterocycles. The monoisotopic (exact) mass is 412 g/mol. The molecular weight excluding hydrogens is 399 g/mol. The fourth-order valence-electron chi connectivity index (χ4n) is 3.07. The van der Waals surface area contributed by atoms with Gasteiger partial charge >= 0.3 is 11.6 Å². The van der Waals surface area contributed by atoms with Crippen molar-refractivity contribution in [3.63, 3.8) is 0 Å². The van der Waals surface area contributed by atoms with Crippen LogP contribution in [-0.4, -0.2) is 5.97 Å². The fourth-order valence-corrected chi connectivity index (χ4v) is 3.30. The molecule has 4 rings (SSSR count). The van der Waals surface area contributed by atoms with Crippen LogP contribution >= 0.6 is 11.6 Å². The minimum absolute atomic E-state index is 0.00481. The predicted molar refractivity (Wildman–Crippen MR) is 105 cm³/mol. The lowest BCUT2D eigenvalue weighted by atomic mass is 9.99. The van der Waals surface area contributed by atoms with Gasteiger partial charge in [-0.2, -0.15) is 0 Å². The highest BCUT2D eigenvalue weighted by molar-refractivity contribution is 6.31. The summed E-state index contributed by atoms with van der Waals surface area (Å²) in [6, 6.07) is 12.1. The van der Waals surface area contributed by atoms with Gasteiger partial charge in [0.25, 0.3) is 0 Å². The standard InChI is InChI=1S/C22H14ClFO5/c1-12-14-8-7-13(28-22(26)19-6-3-9-27-19)10-20(14)29-21(25)15(12)11-16-17(23)4-2-5-18(16)24/h2-10H,11H2,1H3. The van der Waals surface area contributed by atoms with Gasteiger partial charge in [-0.3, -0.25) is 0 Å². The number of carbonyl (C=O) groups is 1. The molecule has 2 aromatic carbocycles. The summed E-state index contributed by atoms with van der Waals surface area (Å²) in [5.74, 6) is -0.901. The first kappa shape index (κ1) is 19.0. The summed E-state index contributed by atoms with van der Waals surface area (Å²) in [6.45, 7) is 1.75. The van der Waals surface area contributed by atoms with E-state index in [1.165, 1.54) is 30.5 Å². The molecule has 0 atom stereocenters. The maximum absolute atomic E-state index is 14.1. The summed E-state index contributed by atoms with van der Waals surface area (Å²) in [6.07, 6.45) is 1.37. The first-order valence-electron chi connectivity index (χ1n) is 8.69. The molecule has 29 heavy (non-hydrogen) atoms. The van der Waals surface area contributed by atoms with Crippen LogP contribution in [0.3, 0.4) is 0 Å². The first-order valence-corrected chi connectivity index (χ1v) is 9.06. The molecule has 0 bridgehead atoms. The Labute approximate surface area is 169 Å². The molecular formula is C22H14ClFO5. The molecule has 2 heterocycles. The molecule has 7 heteroatoms. The molecule has 2 aromatic heterocycles. The van der Waals surface area contributed by atoms with Gasteiger partial charge in [0.15, 0.2) is 0 Å². The second-order valence-electron chi connectivity index (χ2n) is 6.39. The molecule has 0 aliphatic carbocycles. The van der Waals surface area contributed by atoms with E-state index in [-0.39, 0.29) is 34.1 Å². The van der Waals surface area contributed by atoms with Crippen LogP contribution in [0, 0.1) is 12.7 Å². The number of rotatable bonds is 4. The van der Waals surface area contributed by atoms with E-state index in [0.717, 1.165) is 0 Å². The predicted octanol–water partition coefficient (Wildman–Crippen LogP) is 5.30. The third-order valence-corrected chi connectivity index (χ3v) is 4.96. The zero-order valence-corrected chi connectivity index (χ0v) is 16.0. The van der Waals surface area contributed by atoms with Crippen LogP contribution in [0.15, 0.2) is 68.4 Å². The van der Waals surface area contributed by atoms with E-state index in [0.29, 0.717) is 16.5 Å². The number of esters is 1. The van der Waals surface area contributed by atoms with Crippen molar-refractivity contribution < 1.29 is 22.8 Å². The van der Waals surface area contributed by atoms with E-state index in [4.69, 9.17) is 25.2 Å². The van der Waals surface area contributed by atoms with Crippen LogP contribution in [0.1, 0.15) is 27.2 Å². The number of hydrogen-bond acceptors (Lipinski definition) is 5. The Morgan fingerprint density at radius 1 is 1.14 bits per heavy atom. The topological polar surface area (TPSA) is 69.7 Å². The lowest BCUT2D eigenvalue weighted by Gasteiger charge is -2.10. The number of benzene rings is 2. The van der Waals surface area contributed by atoms with Gasteiger partial charge in [0.05, 0.1) is 6.26 Å². The van der Waals surface area contributed by atoms with Crippen LogP contribution in [0.25, 0.3) is 11.0 Å². The molecule has 0 aliphatic rings. The quantitative estimate of drug-likeness (QED) is 0.258. The summed E-state index contributed by atoms with van der Waals surface area (Å²) in [4.78, 5) is 24.6. The van der Waals surface area contributed by atoms with E-state index in [9.17, 15) is 14.0 Å². The number of carbonyl (C=O) groups excluding carboxylic acids is 1. The second-order valence-corrected chi connectivity index (χ2v) is 6.80. The first-order chi connectivity index (χ1) is 13.9. The molecule has 5 nitrogen and oxygen atoms in total. The molecule has 0 saturated heterocycles. The maximum atomic E-state index is 14.1. The summed E-state index contributed by atoms with van der Waals surface area (Å²) >= 11 is 6.09. The molecule has 0 saturated carbocycles. The fraction of sp³-hybridized carbons (Fsp3) is 0.0909. The molecule has 0 N–H and O–H groups in total. The number of ether oxygens (including phenoxy) is 1. The Morgan fingerprint density at radius 2 is 1.97 bits per heavy atom. The van der Waals surface area contributed by atoms with E-state index in [1.807, 2.05) is 0 Å². The minimum atomic E-state index is -0.667. The van der Waals surface area contributed by atoms with E-state index >= 15 is 0 Å². The maximum Gasteiger partial charge on any atom is 0.379 e. The molecule has 0 radical (unpaired) electrons. The SMILES string of the molecule is Cc1c(Cc2c(F)cccc2Cl)c(=O)oc2cc(OC(=O)c3ccco3)ccc12. The highest BCUT2D eigenvalue weighted by Gasteiger charge is 2.17. The van der Waals surface area contributed by atoms with Crippen LogP contribution in [-0.2, 0) is 6.42 Å². The zero-order chi connectivity index (χ0) is 20.5. The van der Waals surface area contributed by atoms with E-state index in [1.54, 1.807) is 31.2 Å². The van der Waals surface area contributed by atoms with Crippen LogP contribution in [0.2, 0.25) is 5.02 Å². The molecule has 0 fully saturated rings. The second kappa shape index (κ2) is 7.56.